The number of amides is 1. The van der Waals surface area contributed by atoms with Gasteiger partial charge in [-0.25, -0.2) is 9.37 Å². The number of anilines is 1. The Kier molecular flexibility index (Phi) is 6.39. The molecule has 8 heteroatoms. The Morgan fingerprint density at radius 1 is 1.06 bits per heavy atom. The molecule has 0 spiro atoms. The Bertz CT molecular complexity index is 1210. The summed E-state index contributed by atoms with van der Waals surface area (Å²) in [6.45, 7) is 3.90. The second-order valence-corrected chi connectivity index (χ2v) is 8.90. The topological polar surface area (TPSA) is 67.8 Å². The number of thiazole rings is 1. The highest BCUT2D eigenvalue weighted by Gasteiger charge is 2.13. The van der Waals surface area contributed by atoms with Crippen LogP contribution in [0.25, 0.3) is 21.1 Å². The Morgan fingerprint density at radius 3 is 2.58 bits per heavy atom. The highest BCUT2D eigenvalue weighted by molar-refractivity contribution is 7.99. The minimum Gasteiger partial charge on any atom is -0.325 e. The van der Waals surface area contributed by atoms with Crippen molar-refractivity contribution in [2.45, 2.75) is 18.9 Å². The molecule has 0 radical (unpaired) electrons. The molecular formula is C23H19FN4OS2. The molecule has 4 rings (SSSR count). The molecule has 0 aliphatic heterocycles. The molecule has 1 amide bonds. The van der Waals surface area contributed by atoms with Crippen LogP contribution in [0.5, 0.6) is 0 Å². The average Bonchev–Trinajstić information content (AvgIpc) is 3.15. The predicted octanol–water partition coefficient (Wildman–Crippen LogP) is 5.75. The number of nitrogens with zero attached hydrogens (tertiary/aromatic N) is 3. The Hall–Kier alpha value is -3.10. The van der Waals surface area contributed by atoms with Gasteiger partial charge in [0.15, 0.2) is 0 Å². The summed E-state index contributed by atoms with van der Waals surface area (Å²) in [5, 5.41) is 12.9. The van der Waals surface area contributed by atoms with Crippen molar-refractivity contribution in [3.63, 3.8) is 0 Å². The lowest BCUT2D eigenvalue weighted by molar-refractivity contribution is -0.113. The van der Waals surface area contributed by atoms with Gasteiger partial charge in [0.05, 0.1) is 16.3 Å². The van der Waals surface area contributed by atoms with Crippen LogP contribution in [-0.2, 0) is 4.79 Å². The van der Waals surface area contributed by atoms with E-state index in [-0.39, 0.29) is 17.5 Å². The first-order chi connectivity index (χ1) is 15.0. The van der Waals surface area contributed by atoms with E-state index in [0.29, 0.717) is 5.03 Å². The van der Waals surface area contributed by atoms with Crippen molar-refractivity contribution in [3.8, 4) is 21.1 Å². The van der Waals surface area contributed by atoms with Crippen LogP contribution in [0, 0.1) is 19.7 Å². The Balaban J connectivity index is 1.40. The monoisotopic (exact) mass is 450 g/mol. The van der Waals surface area contributed by atoms with E-state index in [4.69, 9.17) is 0 Å². The van der Waals surface area contributed by atoms with Gasteiger partial charge in [-0.15, -0.1) is 21.5 Å². The molecular weight excluding hydrogens is 431 g/mol. The number of nitrogens with one attached hydrogen (secondary N) is 1. The number of thioether (sulfide) groups is 1. The molecule has 156 valence electrons. The Labute approximate surface area is 187 Å². The maximum atomic E-state index is 13.2. The number of hydrogen-bond donors (Lipinski definition) is 1. The number of halogens is 1. The zero-order chi connectivity index (χ0) is 21.8. The van der Waals surface area contributed by atoms with Crippen LogP contribution < -0.4 is 5.32 Å². The standard InChI is InChI=1S/C23H19FN4OS2/c1-14-4-3-5-18(12-14)26-20(29)13-30-21-11-10-19(27-28-21)22-15(2)25-23(31-22)16-6-8-17(24)9-7-16/h3-12H,13H2,1-2H3,(H,26,29). The maximum absolute atomic E-state index is 13.2. The summed E-state index contributed by atoms with van der Waals surface area (Å²) in [6, 6.07) is 17.7. The summed E-state index contributed by atoms with van der Waals surface area (Å²) < 4.78 is 13.2. The highest BCUT2D eigenvalue weighted by Crippen LogP contribution is 2.34. The number of benzene rings is 2. The van der Waals surface area contributed by atoms with Crippen molar-refractivity contribution < 1.29 is 9.18 Å². The van der Waals surface area contributed by atoms with E-state index in [1.165, 1.54) is 35.2 Å². The van der Waals surface area contributed by atoms with Gasteiger partial charge in [0.2, 0.25) is 5.91 Å². The molecule has 0 saturated carbocycles. The number of aromatic nitrogens is 3. The van der Waals surface area contributed by atoms with Crippen molar-refractivity contribution >= 4 is 34.7 Å². The van der Waals surface area contributed by atoms with E-state index in [9.17, 15) is 9.18 Å². The van der Waals surface area contributed by atoms with Crippen molar-refractivity contribution in [2.24, 2.45) is 0 Å². The summed E-state index contributed by atoms with van der Waals surface area (Å²) in [4.78, 5) is 17.7. The zero-order valence-corrected chi connectivity index (χ0v) is 18.6. The van der Waals surface area contributed by atoms with E-state index < -0.39 is 0 Å². The normalized spacial score (nSPS) is 10.8. The minimum absolute atomic E-state index is 0.0938. The summed E-state index contributed by atoms with van der Waals surface area (Å²) >= 11 is 2.82. The van der Waals surface area contributed by atoms with Gasteiger partial charge in [-0.2, -0.15) is 0 Å². The fraction of sp³-hybridized carbons (Fsp3) is 0.130. The fourth-order valence-corrected chi connectivity index (χ4v) is 4.58. The van der Waals surface area contributed by atoms with E-state index in [1.54, 1.807) is 12.1 Å². The van der Waals surface area contributed by atoms with E-state index >= 15 is 0 Å². The molecule has 0 unspecified atom stereocenters. The fourth-order valence-electron chi connectivity index (χ4n) is 2.93. The summed E-state index contributed by atoms with van der Waals surface area (Å²) in [7, 11) is 0. The van der Waals surface area contributed by atoms with Gasteiger partial charge >= 0.3 is 0 Å². The summed E-state index contributed by atoms with van der Waals surface area (Å²) in [5.74, 6) is -0.122. The molecule has 0 saturated heterocycles. The SMILES string of the molecule is Cc1cccc(NC(=O)CSc2ccc(-c3sc(-c4ccc(F)cc4)nc3C)nn2)c1. The van der Waals surface area contributed by atoms with Gasteiger partial charge in [-0.1, -0.05) is 23.9 Å². The van der Waals surface area contributed by atoms with Gasteiger partial charge in [-0.05, 0) is 67.9 Å². The van der Waals surface area contributed by atoms with Crippen LogP contribution in [0.3, 0.4) is 0 Å². The van der Waals surface area contributed by atoms with Crippen LogP contribution in [0.1, 0.15) is 11.3 Å². The van der Waals surface area contributed by atoms with E-state index in [2.05, 4.69) is 20.5 Å². The van der Waals surface area contributed by atoms with Crippen LogP contribution in [0.2, 0.25) is 0 Å². The zero-order valence-electron chi connectivity index (χ0n) is 16.9. The lowest BCUT2D eigenvalue weighted by Gasteiger charge is -2.05. The lowest BCUT2D eigenvalue weighted by Crippen LogP contribution is -2.14. The van der Waals surface area contributed by atoms with Crippen molar-refractivity contribution in [1.82, 2.24) is 15.2 Å². The molecule has 2 heterocycles. The first-order valence-electron chi connectivity index (χ1n) is 9.55. The molecule has 0 atom stereocenters. The number of rotatable bonds is 6. The van der Waals surface area contributed by atoms with Gasteiger partial charge in [0.25, 0.3) is 0 Å². The minimum atomic E-state index is -0.274. The number of hydrogen-bond acceptors (Lipinski definition) is 6. The summed E-state index contributed by atoms with van der Waals surface area (Å²) in [5.41, 5.74) is 4.30. The third-order valence-electron chi connectivity index (χ3n) is 4.41. The first-order valence-corrected chi connectivity index (χ1v) is 11.3. The van der Waals surface area contributed by atoms with E-state index in [1.807, 2.05) is 50.2 Å². The third-order valence-corrected chi connectivity index (χ3v) is 6.56. The quantitative estimate of drug-likeness (QED) is 0.379. The summed E-state index contributed by atoms with van der Waals surface area (Å²) in [6.07, 6.45) is 0. The largest absolute Gasteiger partial charge is 0.325 e. The molecule has 4 aromatic rings. The van der Waals surface area contributed by atoms with Crippen molar-refractivity contribution in [3.05, 3.63) is 77.7 Å². The maximum Gasteiger partial charge on any atom is 0.234 e. The average molecular weight is 451 g/mol. The van der Waals surface area contributed by atoms with E-state index in [0.717, 1.165) is 38.1 Å². The number of carbonyl (C=O) groups is 1. The second-order valence-electron chi connectivity index (χ2n) is 6.90. The van der Waals surface area contributed by atoms with Crippen LogP contribution in [-0.4, -0.2) is 26.8 Å². The molecule has 2 aromatic carbocycles. The predicted molar refractivity (Wildman–Crippen MR) is 124 cm³/mol. The van der Waals surface area contributed by atoms with Crippen LogP contribution in [0.15, 0.2) is 65.7 Å². The molecule has 2 aromatic heterocycles. The van der Waals surface area contributed by atoms with Crippen molar-refractivity contribution in [2.75, 3.05) is 11.1 Å². The first kappa shape index (κ1) is 21.1. The smallest absolute Gasteiger partial charge is 0.234 e. The van der Waals surface area contributed by atoms with Gasteiger partial charge in [-0.3, -0.25) is 4.79 Å². The highest BCUT2D eigenvalue weighted by atomic mass is 32.2. The third kappa shape index (κ3) is 5.34. The van der Waals surface area contributed by atoms with Gasteiger partial charge in [0.1, 0.15) is 21.5 Å². The number of aryl methyl sites for hydroxylation is 2. The van der Waals surface area contributed by atoms with Gasteiger partial charge in [0, 0.05) is 11.3 Å². The second kappa shape index (κ2) is 9.36. The lowest BCUT2D eigenvalue weighted by atomic mass is 10.2. The molecule has 0 bridgehead atoms. The van der Waals surface area contributed by atoms with Crippen LogP contribution >= 0.6 is 23.1 Å². The van der Waals surface area contributed by atoms with Gasteiger partial charge < -0.3 is 5.32 Å². The number of carbonyl (C=O) groups excluding carboxylic acids is 1. The molecule has 31 heavy (non-hydrogen) atoms. The molecule has 0 fully saturated rings. The molecule has 0 aliphatic rings. The molecule has 1 N–H and O–H groups in total. The molecule has 0 aliphatic carbocycles. The molecule has 5 nitrogen and oxygen atoms in total. The van der Waals surface area contributed by atoms with Crippen molar-refractivity contribution in [1.29, 1.82) is 0 Å². The Morgan fingerprint density at radius 2 is 1.87 bits per heavy atom. The van der Waals surface area contributed by atoms with Crippen LogP contribution in [0.4, 0.5) is 10.1 Å².